The van der Waals surface area contributed by atoms with Gasteiger partial charge in [-0.05, 0) is 24.5 Å². The molecule has 4 heteroatoms. The summed E-state index contributed by atoms with van der Waals surface area (Å²) in [6.07, 6.45) is 0.338. The van der Waals surface area contributed by atoms with Gasteiger partial charge in [-0.15, -0.1) is 11.3 Å². The summed E-state index contributed by atoms with van der Waals surface area (Å²) in [5.41, 5.74) is 3.03. The molecule has 0 aliphatic carbocycles. The van der Waals surface area contributed by atoms with Crippen LogP contribution >= 0.6 is 11.3 Å². The zero-order valence-corrected chi connectivity index (χ0v) is 12.3. The maximum absolute atomic E-state index is 12.0. The Kier molecular flexibility index (Phi) is 4.32. The molecule has 0 saturated heterocycles. The van der Waals surface area contributed by atoms with E-state index in [4.69, 9.17) is 0 Å². The van der Waals surface area contributed by atoms with Gasteiger partial charge < -0.3 is 5.32 Å². The Bertz CT molecular complexity index is 575. The molecule has 0 atom stereocenters. The van der Waals surface area contributed by atoms with Crippen LogP contribution < -0.4 is 5.32 Å². The van der Waals surface area contributed by atoms with E-state index in [1.807, 2.05) is 36.6 Å². The topological polar surface area (TPSA) is 42.0 Å². The highest BCUT2D eigenvalue weighted by atomic mass is 32.1. The lowest BCUT2D eigenvalue weighted by Gasteiger charge is -2.13. The molecule has 0 saturated carbocycles. The van der Waals surface area contributed by atoms with Crippen LogP contribution in [0.2, 0.25) is 0 Å². The predicted molar refractivity (Wildman–Crippen MR) is 79.7 cm³/mol. The minimum atomic E-state index is -0.0116. The van der Waals surface area contributed by atoms with Crippen LogP contribution in [-0.2, 0) is 11.2 Å². The lowest BCUT2D eigenvalue weighted by atomic mass is 10.0. The van der Waals surface area contributed by atoms with Crippen molar-refractivity contribution < 1.29 is 4.79 Å². The van der Waals surface area contributed by atoms with Crippen molar-refractivity contribution in [3.63, 3.8) is 0 Å². The Hall–Kier alpha value is -1.68. The van der Waals surface area contributed by atoms with Crippen molar-refractivity contribution in [2.75, 3.05) is 5.32 Å². The molecule has 1 N–H and O–H groups in total. The van der Waals surface area contributed by atoms with Crippen molar-refractivity contribution in [1.29, 1.82) is 0 Å². The first-order chi connectivity index (χ1) is 9.06. The Morgan fingerprint density at radius 3 is 2.74 bits per heavy atom. The maximum Gasteiger partial charge on any atom is 0.231 e. The number of nitrogens with one attached hydrogen (secondary N) is 1. The van der Waals surface area contributed by atoms with Crippen LogP contribution in [0.15, 0.2) is 29.6 Å². The van der Waals surface area contributed by atoms with Crippen LogP contribution in [-0.4, -0.2) is 10.9 Å². The first kappa shape index (κ1) is 13.7. The third kappa shape index (κ3) is 3.64. The van der Waals surface area contributed by atoms with E-state index in [1.165, 1.54) is 11.3 Å². The number of carbonyl (C=O) groups is 1. The van der Waals surface area contributed by atoms with E-state index in [0.29, 0.717) is 12.3 Å². The van der Waals surface area contributed by atoms with E-state index < -0.39 is 0 Å². The molecular formula is C15H18N2OS. The van der Waals surface area contributed by atoms with Gasteiger partial charge in [0.05, 0.1) is 6.42 Å². The third-order valence-corrected chi connectivity index (χ3v) is 3.80. The zero-order valence-electron chi connectivity index (χ0n) is 11.4. The van der Waals surface area contributed by atoms with Crippen molar-refractivity contribution in [1.82, 2.24) is 4.98 Å². The van der Waals surface area contributed by atoms with Gasteiger partial charge in [0.25, 0.3) is 0 Å². The molecule has 0 fully saturated rings. The number of anilines is 1. The fraction of sp³-hybridized carbons (Fsp3) is 0.333. The van der Waals surface area contributed by atoms with Crippen molar-refractivity contribution in [2.45, 2.75) is 33.1 Å². The Labute approximate surface area is 117 Å². The molecular weight excluding hydrogens is 256 g/mol. The third-order valence-electron chi connectivity index (χ3n) is 2.84. The lowest BCUT2D eigenvalue weighted by molar-refractivity contribution is -0.115. The summed E-state index contributed by atoms with van der Waals surface area (Å²) in [6, 6.07) is 7.93. The van der Waals surface area contributed by atoms with E-state index >= 15 is 0 Å². The maximum atomic E-state index is 12.0. The second-order valence-corrected chi connectivity index (χ2v) is 5.79. The molecule has 3 nitrogen and oxygen atoms in total. The molecule has 1 aromatic carbocycles. The van der Waals surface area contributed by atoms with Crippen LogP contribution in [0.1, 0.15) is 36.0 Å². The van der Waals surface area contributed by atoms with Gasteiger partial charge in [-0.3, -0.25) is 4.79 Å². The number of hydrogen-bond donors (Lipinski definition) is 1. The van der Waals surface area contributed by atoms with E-state index in [9.17, 15) is 4.79 Å². The summed E-state index contributed by atoms with van der Waals surface area (Å²) in [7, 11) is 0. The lowest BCUT2D eigenvalue weighted by Crippen LogP contribution is -2.15. The minimum absolute atomic E-state index is 0.0116. The summed E-state index contributed by atoms with van der Waals surface area (Å²) in [6.45, 7) is 6.18. The van der Waals surface area contributed by atoms with Crippen molar-refractivity contribution >= 4 is 22.9 Å². The highest BCUT2D eigenvalue weighted by molar-refractivity contribution is 7.09. The summed E-state index contributed by atoms with van der Waals surface area (Å²) in [5, 5.41) is 5.80. The SMILES string of the molecule is Cc1csc(CC(=O)Nc2ccccc2C(C)C)n1. The Morgan fingerprint density at radius 1 is 1.37 bits per heavy atom. The van der Waals surface area contributed by atoms with Crippen LogP contribution in [0, 0.1) is 6.92 Å². The van der Waals surface area contributed by atoms with Gasteiger partial charge in [0.15, 0.2) is 0 Å². The van der Waals surface area contributed by atoms with Gasteiger partial charge in [0, 0.05) is 16.8 Å². The fourth-order valence-electron chi connectivity index (χ4n) is 1.93. The predicted octanol–water partition coefficient (Wildman–Crippen LogP) is 3.76. The number of para-hydroxylation sites is 1. The number of aryl methyl sites for hydroxylation is 1. The summed E-state index contributed by atoms with van der Waals surface area (Å²) in [5.74, 6) is 0.376. The number of thiazole rings is 1. The van der Waals surface area contributed by atoms with Crippen molar-refractivity contribution in [3.8, 4) is 0 Å². The largest absolute Gasteiger partial charge is 0.325 e. The van der Waals surface area contributed by atoms with Crippen LogP contribution in [0.5, 0.6) is 0 Å². The number of carbonyl (C=O) groups excluding carboxylic acids is 1. The van der Waals surface area contributed by atoms with Gasteiger partial charge in [0.1, 0.15) is 5.01 Å². The highest BCUT2D eigenvalue weighted by Gasteiger charge is 2.11. The molecule has 0 aliphatic rings. The molecule has 0 radical (unpaired) electrons. The molecule has 1 amide bonds. The number of amides is 1. The number of rotatable bonds is 4. The van der Waals surface area contributed by atoms with E-state index in [2.05, 4.69) is 24.1 Å². The van der Waals surface area contributed by atoms with Crippen LogP contribution in [0.4, 0.5) is 5.69 Å². The second kappa shape index (κ2) is 5.97. The molecule has 1 aromatic heterocycles. The van der Waals surface area contributed by atoms with E-state index in [-0.39, 0.29) is 5.91 Å². The molecule has 2 rings (SSSR count). The quantitative estimate of drug-likeness (QED) is 0.922. The Morgan fingerprint density at radius 2 is 2.11 bits per heavy atom. The van der Waals surface area contributed by atoms with Crippen molar-refractivity contribution in [2.24, 2.45) is 0 Å². The molecule has 2 aromatic rings. The molecule has 0 unspecified atom stereocenters. The van der Waals surface area contributed by atoms with Crippen LogP contribution in [0.25, 0.3) is 0 Å². The first-order valence-electron chi connectivity index (χ1n) is 6.36. The second-order valence-electron chi connectivity index (χ2n) is 4.85. The summed E-state index contributed by atoms with van der Waals surface area (Å²) >= 11 is 1.53. The van der Waals surface area contributed by atoms with E-state index in [1.54, 1.807) is 0 Å². The van der Waals surface area contributed by atoms with Crippen molar-refractivity contribution in [3.05, 3.63) is 45.9 Å². The van der Waals surface area contributed by atoms with Gasteiger partial charge >= 0.3 is 0 Å². The fourth-order valence-corrected chi connectivity index (χ4v) is 2.70. The first-order valence-corrected chi connectivity index (χ1v) is 7.24. The number of hydrogen-bond acceptors (Lipinski definition) is 3. The molecule has 0 spiro atoms. The highest BCUT2D eigenvalue weighted by Crippen LogP contribution is 2.23. The molecule has 0 aliphatic heterocycles. The minimum Gasteiger partial charge on any atom is -0.325 e. The molecule has 0 bridgehead atoms. The van der Waals surface area contributed by atoms with Crippen LogP contribution in [0.3, 0.4) is 0 Å². The smallest absolute Gasteiger partial charge is 0.231 e. The molecule has 100 valence electrons. The number of nitrogens with zero attached hydrogens (tertiary/aromatic N) is 1. The monoisotopic (exact) mass is 274 g/mol. The number of aromatic nitrogens is 1. The number of benzene rings is 1. The van der Waals surface area contributed by atoms with Gasteiger partial charge in [-0.2, -0.15) is 0 Å². The molecule has 1 heterocycles. The summed E-state index contributed by atoms with van der Waals surface area (Å²) < 4.78 is 0. The van der Waals surface area contributed by atoms with Gasteiger partial charge in [0.2, 0.25) is 5.91 Å². The summed E-state index contributed by atoms with van der Waals surface area (Å²) in [4.78, 5) is 16.3. The standard InChI is InChI=1S/C15H18N2OS/c1-10(2)12-6-4-5-7-13(12)17-14(18)8-15-16-11(3)9-19-15/h4-7,9-10H,8H2,1-3H3,(H,17,18). The average molecular weight is 274 g/mol. The Balaban J connectivity index is 2.07. The van der Waals surface area contributed by atoms with E-state index in [0.717, 1.165) is 22.0 Å². The average Bonchev–Trinajstić information content (AvgIpc) is 2.75. The van der Waals surface area contributed by atoms with Gasteiger partial charge in [-0.25, -0.2) is 4.98 Å². The molecule has 19 heavy (non-hydrogen) atoms. The zero-order chi connectivity index (χ0) is 13.8. The normalized spacial score (nSPS) is 10.7. The van der Waals surface area contributed by atoms with Gasteiger partial charge in [-0.1, -0.05) is 32.0 Å².